The Labute approximate surface area is 115 Å². The van der Waals surface area contributed by atoms with Gasteiger partial charge in [-0.2, -0.15) is 18.3 Å². The first-order chi connectivity index (χ1) is 8.75. The van der Waals surface area contributed by atoms with Crippen LogP contribution in [0, 0.1) is 0 Å². The SMILES string of the molecule is COC(=O)/C(Cl)=N/Nc1cc(Cl)cnc1C(F)(F)F. The van der Waals surface area contributed by atoms with Gasteiger partial charge in [0.15, 0.2) is 5.69 Å². The highest BCUT2D eigenvalue weighted by molar-refractivity contribution is 6.82. The zero-order valence-electron chi connectivity index (χ0n) is 9.26. The van der Waals surface area contributed by atoms with Crippen molar-refractivity contribution < 1.29 is 22.7 Å². The van der Waals surface area contributed by atoms with Crippen molar-refractivity contribution in [2.45, 2.75) is 6.18 Å². The fraction of sp³-hybridized carbons (Fsp3) is 0.222. The number of nitrogens with one attached hydrogen (secondary N) is 1. The van der Waals surface area contributed by atoms with Crippen molar-refractivity contribution in [2.24, 2.45) is 5.10 Å². The Morgan fingerprint density at radius 1 is 1.53 bits per heavy atom. The lowest BCUT2D eigenvalue weighted by molar-refractivity contribution is -0.140. The van der Waals surface area contributed by atoms with Gasteiger partial charge >= 0.3 is 12.1 Å². The van der Waals surface area contributed by atoms with Gasteiger partial charge < -0.3 is 4.74 Å². The van der Waals surface area contributed by atoms with E-state index in [1.54, 1.807) is 0 Å². The molecule has 19 heavy (non-hydrogen) atoms. The number of carbonyl (C=O) groups is 1. The van der Waals surface area contributed by atoms with Gasteiger partial charge in [-0.15, -0.1) is 0 Å². The number of pyridine rings is 1. The second-order valence-electron chi connectivity index (χ2n) is 3.05. The molecule has 0 radical (unpaired) electrons. The number of esters is 1. The van der Waals surface area contributed by atoms with E-state index >= 15 is 0 Å². The maximum atomic E-state index is 12.6. The molecule has 104 valence electrons. The van der Waals surface area contributed by atoms with E-state index in [1.807, 2.05) is 5.43 Å². The van der Waals surface area contributed by atoms with E-state index in [-0.39, 0.29) is 5.02 Å². The van der Waals surface area contributed by atoms with Gasteiger partial charge in [-0.3, -0.25) is 5.43 Å². The van der Waals surface area contributed by atoms with Gasteiger partial charge in [0.2, 0.25) is 5.17 Å². The van der Waals surface area contributed by atoms with Crippen LogP contribution in [0.2, 0.25) is 5.02 Å². The van der Waals surface area contributed by atoms with E-state index in [0.29, 0.717) is 0 Å². The highest BCUT2D eigenvalue weighted by Crippen LogP contribution is 2.34. The summed E-state index contributed by atoms with van der Waals surface area (Å²) in [6.45, 7) is 0. The predicted octanol–water partition coefficient (Wildman–Crippen LogP) is 2.89. The van der Waals surface area contributed by atoms with Gasteiger partial charge in [-0.25, -0.2) is 9.78 Å². The van der Waals surface area contributed by atoms with Gasteiger partial charge in [-0.05, 0) is 6.07 Å². The number of ether oxygens (including phenoxy) is 1. The molecular weight excluding hydrogens is 310 g/mol. The minimum absolute atomic E-state index is 0.0418. The Kier molecular flexibility index (Phi) is 4.96. The Morgan fingerprint density at radius 2 is 2.16 bits per heavy atom. The zero-order valence-corrected chi connectivity index (χ0v) is 10.8. The summed E-state index contributed by atoms with van der Waals surface area (Å²) >= 11 is 10.9. The number of aromatic nitrogens is 1. The Balaban J connectivity index is 3.07. The second kappa shape index (κ2) is 6.07. The van der Waals surface area contributed by atoms with Crippen molar-refractivity contribution >= 4 is 40.0 Å². The van der Waals surface area contributed by atoms with Crippen molar-refractivity contribution in [3.63, 3.8) is 0 Å². The third-order valence-corrected chi connectivity index (χ3v) is 2.20. The molecule has 0 amide bonds. The Hall–Kier alpha value is -1.54. The lowest BCUT2D eigenvalue weighted by Crippen LogP contribution is -2.14. The first-order valence-electron chi connectivity index (χ1n) is 4.56. The third kappa shape index (κ3) is 4.25. The summed E-state index contributed by atoms with van der Waals surface area (Å²) < 4.78 is 42.0. The number of carbonyl (C=O) groups excluding carboxylic acids is 1. The van der Waals surface area contributed by atoms with Crippen LogP contribution in [0.15, 0.2) is 17.4 Å². The van der Waals surface area contributed by atoms with Crippen molar-refractivity contribution in [3.8, 4) is 0 Å². The molecule has 0 saturated heterocycles. The standard InChI is InChI=1S/C9H6Cl2F3N3O2/c1-19-8(18)7(11)17-16-5-2-4(10)3-15-6(5)9(12,13)14/h2-3,16H,1H3/b17-7-. The highest BCUT2D eigenvalue weighted by atomic mass is 35.5. The second-order valence-corrected chi connectivity index (χ2v) is 3.85. The molecule has 0 saturated carbocycles. The van der Waals surface area contributed by atoms with Gasteiger partial charge in [0.05, 0.1) is 17.8 Å². The molecular formula is C9H6Cl2F3N3O2. The smallest absolute Gasteiger partial charge is 0.435 e. The number of nitrogens with zero attached hydrogens (tertiary/aromatic N) is 2. The maximum absolute atomic E-state index is 12.6. The van der Waals surface area contributed by atoms with E-state index in [0.717, 1.165) is 19.4 Å². The minimum atomic E-state index is -4.71. The molecule has 1 N–H and O–H groups in total. The zero-order chi connectivity index (χ0) is 14.6. The fourth-order valence-corrected chi connectivity index (χ4v) is 1.27. The summed E-state index contributed by atoms with van der Waals surface area (Å²) in [5.74, 6) is -1.00. The molecule has 1 aromatic rings. The molecule has 0 fully saturated rings. The average Bonchev–Trinajstić information content (AvgIpc) is 2.33. The number of anilines is 1. The molecule has 0 unspecified atom stereocenters. The first-order valence-corrected chi connectivity index (χ1v) is 5.31. The molecule has 0 spiro atoms. The van der Waals surface area contributed by atoms with E-state index in [1.165, 1.54) is 0 Å². The number of alkyl halides is 3. The summed E-state index contributed by atoms with van der Waals surface area (Å²) in [5.41, 5.74) is 0.183. The van der Waals surface area contributed by atoms with E-state index in [4.69, 9.17) is 23.2 Å². The summed E-state index contributed by atoms with van der Waals surface area (Å²) in [4.78, 5) is 14.0. The van der Waals surface area contributed by atoms with Crippen molar-refractivity contribution in [1.82, 2.24) is 4.98 Å². The Morgan fingerprint density at radius 3 is 2.68 bits per heavy atom. The van der Waals surface area contributed by atoms with Gasteiger partial charge in [-0.1, -0.05) is 23.2 Å². The number of hydrazone groups is 1. The molecule has 0 aliphatic heterocycles. The number of rotatable bonds is 3. The first kappa shape index (κ1) is 15.5. The summed E-state index contributed by atoms with van der Waals surface area (Å²) in [7, 11) is 1.04. The Bertz CT molecular complexity index is 520. The number of hydrogen-bond acceptors (Lipinski definition) is 5. The van der Waals surface area contributed by atoms with E-state index in [9.17, 15) is 18.0 Å². The van der Waals surface area contributed by atoms with Crippen molar-refractivity contribution in [1.29, 1.82) is 0 Å². The normalized spacial score (nSPS) is 12.2. The molecule has 1 rings (SSSR count). The van der Waals surface area contributed by atoms with Crippen LogP contribution in [-0.4, -0.2) is 23.2 Å². The van der Waals surface area contributed by atoms with Crippen LogP contribution in [0.4, 0.5) is 18.9 Å². The van der Waals surface area contributed by atoms with E-state index < -0.39 is 28.7 Å². The number of hydrogen-bond donors (Lipinski definition) is 1. The summed E-state index contributed by atoms with van der Waals surface area (Å²) in [6, 6.07) is 0.947. The molecule has 0 atom stereocenters. The summed E-state index contributed by atoms with van der Waals surface area (Å²) in [5, 5.41) is 2.53. The van der Waals surface area contributed by atoms with Gasteiger partial charge in [0, 0.05) is 6.20 Å². The molecule has 0 aliphatic carbocycles. The molecule has 5 nitrogen and oxygen atoms in total. The van der Waals surface area contributed by atoms with Gasteiger partial charge in [0.1, 0.15) is 0 Å². The maximum Gasteiger partial charge on any atom is 0.435 e. The van der Waals surface area contributed by atoms with Crippen LogP contribution in [0.5, 0.6) is 0 Å². The minimum Gasteiger partial charge on any atom is -0.464 e. The number of methoxy groups -OCH3 is 1. The van der Waals surface area contributed by atoms with Crippen LogP contribution in [0.25, 0.3) is 0 Å². The van der Waals surface area contributed by atoms with Crippen molar-refractivity contribution in [2.75, 3.05) is 12.5 Å². The number of halogens is 5. The molecule has 1 aromatic heterocycles. The molecule has 10 heteroatoms. The predicted molar refractivity (Wildman–Crippen MR) is 63.2 cm³/mol. The van der Waals surface area contributed by atoms with Crippen LogP contribution in [0.3, 0.4) is 0 Å². The molecule has 0 aromatic carbocycles. The molecule has 1 heterocycles. The monoisotopic (exact) mass is 315 g/mol. The lowest BCUT2D eigenvalue weighted by Gasteiger charge is -2.11. The molecule has 0 aliphatic rings. The lowest BCUT2D eigenvalue weighted by atomic mass is 10.3. The van der Waals surface area contributed by atoms with Crippen LogP contribution in [-0.2, 0) is 15.7 Å². The average molecular weight is 316 g/mol. The quantitative estimate of drug-likeness (QED) is 0.529. The largest absolute Gasteiger partial charge is 0.464 e. The van der Waals surface area contributed by atoms with Crippen LogP contribution in [0.1, 0.15) is 5.69 Å². The van der Waals surface area contributed by atoms with Crippen molar-refractivity contribution in [3.05, 3.63) is 23.0 Å². The fourth-order valence-electron chi connectivity index (χ4n) is 0.990. The summed E-state index contributed by atoms with van der Waals surface area (Å²) in [6.07, 6.45) is -3.87. The molecule has 0 bridgehead atoms. The van der Waals surface area contributed by atoms with Crippen LogP contribution < -0.4 is 5.43 Å². The third-order valence-electron chi connectivity index (χ3n) is 1.75. The van der Waals surface area contributed by atoms with E-state index in [2.05, 4.69) is 14.8 Å². The van der Waals surface area contributed by atoms with Gasteiger partial charge in [0.25, 0.3) is 0 Å². The topological polar surface area (TPSA) is 63.6 Å². The highest BCUT2D eigenvalue weighted by Gasteiger charge is 2.35. The van der Waals surface area contributed by atoms with Crippen LogP contribution >= 0.6 is 23.2 Å².